The van der Waals surface area contributed by atoms with Gasteiger partial charge in [0.25, 0.3) is 0 Å². The Bertz CT molecular complexity index is 168. The first-order valence-electron chi connectivity index (χ1n) is 4.07. The number of esters is 1. The first-order chi connectivity index (χ1) is 6.15. The van der Waals surface area contributed by atoms with Gasteiger partial charge >= 0.3 is 5.97 Å². The molecule has 0 rings (SSSR count). The van der Waals surface area contributed by atoms with Crippen LogP contribution in [-0.4, -0.2) is 41.3 Å². The van der Waals surface area contributed by atoms with E-state index in [2.05, 4.69) is 0 Å². The summed E-state index contributed by atoms with van der Waals surface area (Å²) in [4.78, 5) is 20.9. The Labute approximate surface area is 76.3 Å². The first-order valence-corrected chi connectivity index (χ1v) is 4.07. The molecular formula is C8H14O5. The fourth-order valence-electron chi connectivity index (χ4n) is 0.748. The Kier molecular flexibility index (Phi) is 6.09. The second-order valence-corrected chi connectivity index (χ2v) is 2.53. The summed E-state index contributed by atoms with van der Waals surface area (Å²) in [6, 6.07) is 0. The first kappa shape index (κ1) is 12.1. The highest BCUT2D eigenvalue weighted by molar-refractivity contribution is 5.69. The average Bonchev–Trinajstić information content (AvgIpc) is 2.15. The van der Waals surface area contributed by atoms with Crippen molar-refractivity contribution in [2.24, 2.45) is 0 Å². The second kappa shape index (κ2) is 6.56. The molecule has 0 saturated carbocycles. The Morgan fingerprint density at radius 2 is 2.23 bits per heavy atom. The van der Waals surface area contributed by atoms with E-state index in [-0.39, 0.29) is 12.8 Å². The van der Waals surface area contributed by atoms with Gasteiger partial charge in [0.15, 0.2) is 0 Å². The lowest BCUT2D eigenvalue weighted by atomic mass is 10.1. The molecule has 0 amide bonds. The zero-order chi connectivity index (χ0) is 10.3. The summed E-state index contributed by atoms with van der Waals surface area (Å²) in [6.45, 7) is 1.07. The maximum atomic E-state index is 10.8. The molecule has 0 spiro atoms. The Hall–Kier alpha value is -0.940. The van der Waals surface area contributed by atoms with Gasteiger partial charge in [0.2, 0.25) is 0 Å². The summed E-state index contributed by atoms with van der Waals surface area (Å²) in [7, 11) is 0. The normalized spacial score (nSPS) is 14.7. The highest BCUT2D eigenvalue weighted by Gasteiger charge is 2.21. The zero-order valence-corrected chi connectivity index (χ0v) is 7.47. The van der Waals surface area contributed by atoms with Crippen molar-refractivity contribution in [1.82, 2.24) is 0 Å². The van der Waals surface area contributed by atoms with Gasteiger partial charge in [-0.05, 0) is 0 Å². The van der Waals surface area contributed by atoms with Crippen LogP contribution in [0.4, 0.5) is 0 Å². The van der Waals surface area contributed by atoms with Crippen LogP contribution in [0.2, 0.25) is 0 Å². The van der Waals surface area contributed by atoms with Gasteiger partial charge in [-0.3, -0.25) is 4.79 Å². The zero-order valence-electron chi connectivity index (χ0n) is 7.47. The van der Waals surface area contributed by atoms with Gasteiger partial charge in [-0.1, -0.05) is 6.92 Å². The fraction of sp³-hybridized carbons (Fsp3) is 0.750. The molecule has 0 saturated heterocycles. The van der Waals surface area contributed by atoms with Crippen LogP contribution in [0, 0.1) is 0 Å². The number of carbonyl (C=O) groups is 2. The van der Waals surface area contributed by atoms with Crippen molar-refractivity contribution in [3.63, 3.8) is 0 Å². The smallest absolute Gasteiger partial charge is 0.305 e. The molecule has 5 nitrogen and oxygen atoms in total. The molecule has 13 heavy (non-hydrogen) atoms. The molecule has 2 unspecified atom stereocenters. The van der Waals surface area contributed by atoms with E-state index in [9.17, 15) is 9.59 Å². The molecule has 0 aliphatic carbocycles. The molecule has 0 aromatic heterocycles. The van der Waals surface area contributed by atoms with Crippen molar-refractivity contribution >= 4 is 12.3 Å². The molecule has 0 fully saturated rings. The maximum absolute atomic E-state index is 10.8. The number of carbonyl (C=O) groups excluding carboxylic acids is 2. The highest BCUT2D eigenvalue weighted by atomic mass is 16.6. The van der Waals surface area contributed by atoms with E-state index in [1.807, 2.05) is 0 Å². The number of aliphatic hydroxyl groups excluding tert-OH is 2. The predicted octanol–water partition coefficient (Wildman–Crippen LogP) is -0.750. The van der Waals surface area contributed by atoms with Crippen LogP contribution in [0.1, 0.15) is 19.8 Å². The summed E-state index contributed by atoms with van der Waals surface area (Å²) >= 11 is 0. The Balaban J connectivity index is 4.07. The van der Waals surface area contributed by atoms with Crippen LogP contribution >= 0.6 is 0 Å². The molecule has 0 radical (unpaired) electrons. The lowest BCUT2D eigenvalue weighted by Crippen LogP contribution is -2.34. The fourth-order valence-corrected chi connectivity index (χ4v) is 0.748. The lowest BCUT2D eigenvalue weighted by Gasteiger charge is -2.19. The third-order valence-electron chi connectivity index (χ3n) is 1.52. The maximum Gasteiger partial charge on any atom is 0.305 e. The van der Waals surface area contributed by atoms with Crippen LogP contribution in [0.25, 0.3) is 0 Å². The summed E-state index contributed by atoms with van der Waals surface area (Å²) in [5.74, 6) is -0.501. The number of hydrogen-bond acceptors (Lipinski definition) is 5. The summed E-state index contributed by atoms with van der Waals surface area (Å²) in [5, 5.41) is 17.7. The van der Waals surface area contributed by atoms with Crippen molar-refractivity contribution in [3.8, 4) is 0 Å². The molecule has 0 aliphatic rings. The van der Waals surface area contributed by atoms with E-state index in [1.54, 1.807) is 6.92 Å². The Morgan fingerprint density at radius 1 is 1.62 bits per heavy atom. The van der Waals surface area contributed by atoms with E-state index in [1.165, 1.54) is 0 Å². The molecule has 76 valence electrons. The number of rotatable bonds is 6. The van der Waals surface area contributed by atoms with Gasteiger partial charge in [-0.15, -0.1) is 0 Å². The molecule has 0 bridgehead atoms. The highest BCUT2D eigenvalue weighted by Crippen LogP contribution is 2.04. The minimum Gasteiger partial charge on any atom is -0.459 e. The van der Waals surface area contributed by atoms with Gasteiger partial charge < -0.3 is 19.7 Å². The molecule has 2 N–H and O–H groups in total. The third kappa shape index (κ3) is 4.59. The third-order valence-corrected chi connectivity index (χ3v) is 1.52. The summed E-state index contributed by atoms with van der Waals surface area (Å²) in [5.41, 5.74) is 0. The van der Waals surface area contributed by atoms with Gasteiger partial charge in [-0.2, -0.15) is 0 Å². The number of hydrogen-bond donors (Lipinski definition) is 2. The average molecular weight is 190 g/mol. The molecule has 0 heterocycles. The number of aldehydes is 1. The Morgan fingerprint density at radius 3 is 2.62 bits per heavy atom. The van der Waals surface area contributed by atoms with Crippen molar-refractivity contribution < 1.29 is 24.5 Å². The summed E-state index contributed by atoms with van der Waals surface area (Å²) in [6.07, 6.45) is -1.52. The summed E-state index contributed by atoms with van der Waals surface area (Å²) < 4.78 is 4.71. The predicted molar refractivity (Wildman–Crippen MR) is 43.9 cm³/mol. The molecule has 0 aromatic carbocycles. The topological polar surface area (TPSA) is 83.8 Å². The minimum absolute atomic E-state index is 0.104. The van der Waals surface area contributed by atoms with E-state index >= 15 is 0 Å². The minimum atomic E-state index is -1.19. The standard InChI is InChI=1S/C8H14O5/c1-2-8(12)13-7(3-4-9)6(11)5-10/h4,6-7,10-11H,2-3,5H2,1H3. The number of ether oxygens (including phenoxy) is 1. The molecular weight excluding hydrogens is 176 g/mol. The second-order valence-electron chi connectivity index (χ2n) is 2.53. The lowest BCUT2D eigenvalue weighted by molar-refractivity contribution is -0.156. The van der Waals surface area contributed by atoms with E-state index < -0.39 is 24.8 Å². The quantitative estimate of drug-likeness (QED) is 0.425. The van der Waals surface area contributed by atoms with Gasteiger partial charge in [0.05, 0.1) is 6.61 Å². The monoisotopic (exact) mass is 190 g/mol. The van der Waals surface area contributed by atoms with E-state index in [0.29, 0.717) is 6.29 Å². The van der Waals surface area contributed by atoms with Crippen LogP contribution in [0.5, 0.6) is 0 Å². The van der Waals surface area contributed by atoms with Crippen molar-refractivity contribution in [1.29, 1.82) is 0 Å². The van der Waals surface area contributed by atoms with E-state index in [0.717, 1.165) is 0 Å². The van der Waals surface area contributed by atoms with E-state index in [4.69, 9.17) is 14.9 Å². The molecule has 5 heteroatoms. The van der Waals surface area contributed by atoms with Crippen LogP contribution in [0.3, 0.4) is 0 Å². The van der Waals surface area contributed by atoms with Crippen LogP contribution in [-0.2, 0) is 14.3 Å². The van der Waals surface area contributed by atoms with Gasteiger partial charge in [0.1, 0.15) is 18.5 Å². The number of aliphatic hydroxyl groups is 2. The van der Waals surface area contributed by atoms with Crippen molar-refractivity contribution in [2.45, 2.75) is 32.0 Å². The molecule has 0 aromatic rings. The van der Waals surface area contributed by atoms with Gasteiger partial charge in [-0.25, -0.2) is 0 Å². The van der Waals surface area contributed by atoms with Crippen LogP contribution in [0.15, 0.2) is 0 Å². The van der Waals surface area contributed by atoms with Crippen molar-refractivity contribution in [2.75, 3.05) is 6.61 Å². The SMILES string of the molecule is CCC(=O)OC(CC=O)C(O)CO. The molecule has 0 aliphatic heterocycles. The molecule has 2 atom stereocenters. The van der Waals surface area contributed by atoms with Crippen molar-refractivity contribution in [3.05, 3.63) is 0 Å². The van der Waals surface area contributed by atoms with Crippen LogP contribution < -0.4 is 0 Å². The largest absolute Gasteiger partial charge is 0.459 e. The van der Waals surface area contributed by atoms with Gasteiger partial charge in [0, 0.05) is 12.8 Å².